The van der Waals surface area contributed by atoms with Gasteiger partial charge in [-0.3, -0.25) is 19.2 Å². The third kappa shape index (κ3) is 4.19. The highest BCUT2D eigenvalue weighted by atomic mass is 32.2. The molecule has 3 aromatic rings. The lowest BCUT2D eigenvalue weighted by Gasteiger charge is -2.24. The molecule has 0 N–H and O–H groups in total. The monoisotopic (exact) mass is 414 g/mol. The normalized spacial score (nSPS) is 11.2. The molecule has 0 atom stereocenters. The van der Waals surface area contributed by atoms with E-state index in [2.05, 4.69) is 0 Å². The standard InChI is InChI=1S/C20H18N2O6S/c1-2-28-20(23)14-21(17-12-11-15-7-3-4-8-16(15)13-17)29(26,27)19-10-6-5-9-18(19)22(24)25/h3-13H,2,14H2,1H3. The summed E-state index contributed by atoms with van der Waals surface area (Å²) in [5, 5.41) is 13.0. The van der Waals surface area contributed by atoms with Crippen molar-refractivity contribution in [3.05, 3.63) is 76.8 Å². The molecule has 0 heterocycles. The predicted molar refractivity (Wildman–Crippen MR) is 108 cm³/mol. The van der Waals surface area contributed by atoms with E-state index in [0.717, 1.165) is 27.2 Å². The number of ether oxygens (including phenoxy) is 1. The summed E-state index contributed by atoms with van der Waals surface area (Å²) in [6.07, 6.45) is 0. The Hall–Kier alpha value is -3.46. The molecule has 150 valence electrons. The molecule has 0 unspecified atom stereocenters. The van der Waals surface area contributed by atoms with E-state index in [-0.39, 0.29) is 12.3 Å². The maximum absolute atomic E-state index is 13.3. The lowest BCUT2D eigenvalue weighted by Crippen LogP contribution is -2.37. The van der Waals surface area contributed by atoms with Gasteiger partial charge in [0.25, 0.3) is 15.7 Å². The molecule has 0 saturated carbocycles. The zero-order valence-corrected chi connectivity index (χ0v) is 16.3. The SMILES string of the molecule is CCOC(=O)CN(c1ccc2ccccc2c1)S(=O)(=O)c1ccccc1[N+](=O)[O-]. The average molecular weight is 414 g/mol. The Morgan fingerprint density at radius 3 is 2.38 bits per heavy atom. The Balaban J connectivity index is 2.16. The number of nitrogens with zero attached hydrogens (tertiary/aromatic N) is 2. The molecule has 0 fully saturated rings. The number of fused-ring (bicyclic) bond motifs is 1. The topological polar surface area (TPSA) is 107 Å². The number of nitro benzene ring substituents is 1. The number of anilines is 1. The van der Waals surface area contributed by atoms with Crippen molar-refractivity contribution in [2.24, 2.45) is 0 Å². The van der Waals surface area contributed by atoms with Crippen LogP contribution in [0.15, 0.2) is 71.6 Å². The minimum Gasteiger partial charge on any atom is -0.465 e. The van der Waals surface area contributed by atoms with E-state index in [9.17, 15) is 23.3 Å². The Labute approximate surface area is 167 Å². The molecule has 0 aliphatic heterocycles. The maximum Gasteiger partial charge on any atom is 0.326 e. The number of para-hydroxylation sites is 1. The highest BCUT2D eigenvalue weighted by Crippen LogP contribution is 2.31. The van der Waals surface area contributed by atoms with Crippen LogP contribution in [0.5, 0.6) is 0 Å². The molecule has 0 spiro atoms. The predicted octanol–water partition coefficient (Wildman–Crippen LogP) is 3.51. The summed E-state index contributed by atoms with van der Waals surface area (Å²) >= 11 is 0. The lowest BCUT2D eigenvalue weighted by molar-refractivity contribution is -0.387. The van der Waals surface area contributed by atoms with Crippen LogP contribution in [0.4, 0.5) is 11.4 Å². The van der Waals surface area contributed by atoms with E-state index >= 15 is 0 Å². The summed E-state index contributed by atoms with van der Waals surface area (Å²) < 4.78 is 32.4. The van der Waals surface area contributed by atoms with E-state index < -0.39 is 38.0 Å². The van der Waals surface area contributed by atoms with Crippen LogP contribution in [-0.4, -0.2) is 32.5 Å². The first kappa shape index (κ1) is 20.3. The molecule has 8 nitrogen and oxygen atoms in total. The molecule has 0 radical (unpaired) electrons. The number of sulfonamides is 1. The highest BCUT2D eigenvalue weighted by molar-refractivity contribution is 7.93. The zero-order chi connectivity index (χ0) is 21.0. The Kier molecular flexibility index (Phi) is 5.79. The van der Waals surface area contributed by atoms with Crippen molar-refractivity contribution in [3.8, 4) is 0 Å². The van der Waals surface area contributed by atoms with Gasteiger partial charge in [0.15, 0.2) is 4.90 Å². The van der Waals surface area contributed by atoms with Crippen LogP contribution < -0.4 is 4.31 Å². The quantitative estimate of drug-likeness (QED) is 0.333. The van der Waals surface area contributed by atoms with Crippen molar-refractivity contribution in [1.29, 1.82) is 0 Å². The van der Waals surface area contributed by atoms with Crippen molar-refractivity contribution in [2.45, 2.75) is 11.8 Å². The summed E-state index contributed by atoms with van der Waals surface area (Å²) in [6.45, 7) is 1.07. The molecule has 0 saturated heterocycles. The number of rotatable bonds is 7. The van der Waals surface area contributed by atoms with E-state index in [1.807, 2.05) is 12.1 Å². The minimum atomic E-state index is -4.42. The van der Waals surface area contributed by atoms with Gasteiger partial charge >= 0.3 is 5.97 Å². The van der Waals surface area contributed by atoms with Gasteiger partial charge in [-0.05, 0) is 35.9 Å². The zero-order valence-electron chi connectivity index (χ0n) is 15.5. The maximum atomic E-state index is 13.3. The van der Waals surface area contributed by atoms with Gasteiger partial charge in [0.1, 0.15) is 6.54 Å². The largest absolute Gasteiger partial charge is 0.465 e. The second-order valence-corrected chi connectivity index (χ2v) is 7.90. The summed E-state index contributed by atoms with van der Waals surface area (Å²) in [4.78, 5) is 22.2. The lowest BCUT2D eigenvalue weighted by atomic mass is 10.1. The smallest absolute Gasteiger partial charge is 0.326 e. The minimum absolute atomic E-state index is 0.0793. The summed E-state index contributed by atoms with van der Waals surface area (Å²) in [6, 6.07) is 17.2. The van der Waals surface area contributed by atoms with Gasteiger partial charge in [0.05, 0.1) is 17.2 Å². The van der Waals surface area contributed by atoms with Gasteiger partial charge in [0.2, 0.25) is 0 Å². The number of nitro groups is 1. The number of carbonyl (C=O) groups excluding carboxylic acids is 1. The van der Waals surface area contributed by atoms with E-state index in [1.54, 1.807) is 37.3 Å². The molecule has 29 heavy (non-hydrogen) atoms. The third-order valence-corrected chi connectivity index (χ3v) is 6.05. The number of hydrogen-bond donors (Lipinski definition) is 0. The van der Waals surface area contributed by atoms with Gasteiger partial charge in [-0.15, -0.1) is 0 Å². The Morgan fingerprint density at radius 2 is 1.69 bits per heavy atom. The first-order chi connectivity index (χ1) is 13.8. The summed E-state index contributed by atoms with van der Waals surface area (Å²) in [5.41, 5.74) is -0.364. The molecule has 0 aliphatic rings. The van der Waals surface area contributed by atoms with Crippen LogP contribution in [-0.2, 0) is 19.6 Å². The van der Waals surface area contributed by atoms with E-state index in [1.165, 1.54) is 12.1 Å². The Morgan fingerprint density at radius 1 is 1.03 bits per heavy atom. The molecular formula is C20H18N2O6S. The van der Waals surface area contributed by atoms with Gasteiger partial charge in [0, 0.05) is 6.07 Å². The molecule has 0 bridgehead atoms. The molecule has 0 aromatic heterocycles. The second-order valence-electron chi connectivity index (χ2n) is 6.07. The first-order valence-electron chi connectivity index (χ1n) is 8.75. The fourth-order valence-electron chi connectivity index (χ4n) is 2.92. The van der Waals surface area contributed by atoms with Crippen molar-refractivity contribution in [2.75, 3.05) is 17.5 Å². The fourth-order valence-corrected chi connectivity index (χ4v) is 4.48. The molecule has 0 amide bonds. The molecule has 0 aliphatic carbocycles. The van der Waals surface area contributed by atoms with Crippen molar-refractivity contribution in [1.82, 2.24) is 0 Å². The van der Waals surface area contributed by atoms with Gasteiger partial charge in [-0.1, -0.05) is 42.5 Å². The van der Waals surface area contributed by atoms with Crippen LogP contribution in [0, 0.1) is 10.1 Å². The summed E-state index contributed by atoms with van der Waals surface area (Å²) in [5.74, 6) is -0.761. The van der Waals surface area contributed by atoms with Crippen LogP contribution in [0.2, 0.25) is 0 Å². The average Bonchev–Trinajstić information content (AvgIpc) is 2.71. The third-order valence-electron chi connectivity index (χ3n) is 4.23. The molecule has 3 rings (SSSR count). The number of hydrogen-bond acceptors (Lipinski definition) is 6. The number of carbonyl (C=O) groups is 1. The molecular weight excluding hydrogens is 396 g/mol. The molecule has 3 aromatic carbocycles. The van der Waals surface area contributed by atoms with Crippen LogP contribution in [0.1, 0.15) is 6.92 Å². The van der Waals surface area contributed by atoms with Crippen molar-refractivity contribution in [3.63, 3.8) is 0 Å². The molecule has 9 heteroatoms. The van der Waals surface area contributed by atoms with Crippen LogP contribution >= 0.6 is 0 Å². The first-order valence-corrected chi connectivity index (χ1v) is 10.2. The fraction of sp³-hybridized carbons (Fsp3) is 0.150. The van der Waals surface area contributed by atoms with Gasteiger partial charge < -0.3 is 4.74 Å². The second kappa shape index (κ2) is 8.27. The van der Waals surface area contributed by atoms with Crippen LogP contribution in [0.3, 0.4) is 0 Å². The number of benzene rings is 3. The Bertz CT molecular complexity index is 1180. The van der Waals surface area contributed by atoms with Crippen molar-refractivity contribution < 1.29 is 22.9 Å². The number of esters is 1. The van der Waals surface area contributed by atoms with Crippen LogP contribution in [0.25, 0.3) is 10.8 Å². The van der Waals surface area contributed by atoms with Crippen molar-refractivity contribution >= 4 is 38.1 Å². The van der Waals surface area contributed by atoms with E-state index in [0.29, 0.717) is 0 Å². The van der Waals surface area contributed by atoms with E-state index in [4.69, 9.17) is 4.74 Å². The highest BCUT2D eigenvalue weighted by Gasteiger charge is 2.33. The van der Waals surface area contributed by atoms with Gasteiger partial charge in [-0.2, -0.15) is 0 Å². The summed E-state index contributed by atoms with van der Waals surface area (Å²) in [7, 11) is -4.42. The van der Waals surface area contributed by atoms with Gasteiger partial charge in [-0.25, -0.2) is 8.42 Å².